The molecule has 3 rings (SSSR count). The molecule has 0 aliphatic carbocycles. The van der Waals surface area contributed by atoms with Gasteiger partial charge in [-0.25, -0.2) is 0 Å². The van der Waals surface area contributed by atoms with E-state index >= 15 is 0 Å². The summed E-state index contributed by atoms with van der Waals surface area (Å²) in [5, 5.41) is 20.0. The van der Waals surface area contributed by atoms with Crippen LogP contribution in [0.1, 0.15) is 28.5 Å². The first-order chi connectivity index (χ1) is 11.6. The second-order valence-electron chi connectivity index (χ2n) is 5.49. The zero-order valence-corrected chi connectivity index (χ0v) is 13.6. The quantitative estimate of drug-likeness (QED) is 0.673. The Bertz CT molecular complexity index is 886. The molecule has 6 nitrogen and oxygen atoms in total. The largest absolute Gasteiger partial charge is 0.494 e. The van der Waals surface area contributed by atoms with Gasteiger partial charge in [-0.05, 0) is 44.2 Å². The van der Waals surface area contributed by atoms with Gasteiger partial charge < -0.3 is 15.2 Å². The standard InChI is InChI=1S/C18H19N3O3/c1-3-24-16-7-5-13(9-12(16)10-22)19-18(23)17-14-8-11(2)4-6-15(14)20-21-17/h4-9,22H,3,10H2,1-2H3,(H,19,23)(H,20,21). The van der Waals surface area contributed by atoms with Crippen molar-refractivity contribution in [3.8, 4) is 5.75 Å². The number of aliphatic hydroxyl groups is 1. The average Bonchev–Trinajstić information content (AvgIpc) is 2.99. The van der Waals surface area contributed by atoms with Crippen LogP contribution in [0.4, 0.5) is 5.69 Å². The van der Waals surface area contributed by atoms with Crippen LogP contribution in [0.25, 0.3) is 10.9 Å². The van der Waals surface area contributed by atoms with Crippen LogP contribution in [-0.4, -0.2) is 27.8 Å². The Morgan fingerprint density at radius 2 is 2.12 bits per heavy atom. The van der Waals surface area contributed by atoms with Crippen LogP contribution in [-0.2, 0) is 6.61 Å². The highest BCUT2D eigenvalue weighted by atomic mass is 16.5. The Balaban J connectivity index is 1.87. The highest BCUT2D eigenvalue weighted by molar-refractivity contribution is 6.11. The Morgan fingerprint density at radius 1 is 1.29 bits per heavy atom. The summed E-state index contributed by atoms with van der Waals surface area (Å²) in [6.07, 6.45) is 0. The Labute approximate surface area is 139 Å². The van der Waals surface area contributed by atoms with Crippen LogP contribution in [0.3, 0.4) is 0 Å². The lowest BCUT2D eigenvalue weighted by molar-refractivity contribution is 0.102. The van der Waals surface area contributed by atoms with Gasteiger partial charge in [0, 0.05) is 16.6 Å². The number of nitrogens with zero attached hydrogens (tertiary/aromatic N) is 1. The fourth-order valence-electron chi connectivity index (χ4n) is 2.57. The minimum absolute atomic E-state index is 0.163. The lowest BCUT2D eigenvalue weighted by atomic mass is 10.1. The van der Waals surface area contributed by atoms with E-state index in [1.807, 2.05) is 32.0 Å². The molecule has 24 heavy (non-hydrogen) atoms. The molecule has 0 atom stereocenters. The second-order valence-corrected chi connectivity index (χ2v) is 5.49. The van der Waals surface area contributed by atoms with E-state index < -0.39 is 0 Å². The molecule has 1 amide bonds. The van der Waals surface area contributed by atoms with Crippen molar-refractivity contribution in [2.45, 2.75) is 20.5 Å². The van der Waals surface area contributed by atoms with Gasteiger partial charge in [-0.2, -0.15) is 5.10 Å². The monoisotopic (exact) mass is 325 g/mol. The number of carbonyl (C=O) groups is 1. The number of nitrogens with one attached hydrogen (secondary N) is 2. The summed E-state index contributed by atoms with van der Waals surface area (Å²) < 4.78 is 5.44. The Morgan fingerprint density at radius 3 is 2.88 bits per heavy atom. The van der Waals surface area contributed by atoms with Gasteiger partial charge in [0.05, 0.1) is 18.7 Å². The van der Waals surface area contributed by atoms with E-state index in [-0.39, 0.29) is 12.5 Å². The Hall–Kier alpha value is -2.86. The second kappa shape index (κ2) is 6.72. The SMILES string of the molecule is CCOc1ccc(NC(=O)c2n[nH]c3ccc(C)cc23)cc1CO. The number of H-pyrrole nitrogens is 1. The van der Waals surface area contributed by atoms with Crippen molar-refractivity contribution >= 4 is 22.5 Å². The van der Waals surface area contributed by atoms with Gasteiger partial charge >= 0.3 is 0 Å². The minimum Gasteiger partial charge on any atom is -0.494 e. The lowest BCUT2D eigenvalue weighted by Gasteiger charge is -2.11. The smallest absolute Gasteiger partial charge is 0.276 e. The molecular formula is C18H19N3O3. The number of anilines is 1. The molecule has 0 aliphatic heterocycles. The number of carbonyl (C=O) groups excluding carboxylic acids is 1. The maximum atomic E-state index is 12.5. The number of aromatic amines is 1. The molecule has 1 heterocycles. The predicted octanol–water partition coefficient (Wildman–Crippen LogP) is 3.01. The van der Waals surface area contributed by atoms with Crippen molar-refractivity contribution in [3.05, 3.63) is 53.2 Å². The molecule has 3 aromatic rings. The summed E-state index contributed by atoms with van der Waals surface area (Å²) in [6, 6.07) is 10.9. The molecule has 124 valence electrons. The molecule has 3 N–H and O–H groups in total. The summed E-state index contributed by atoms with van der Waals surface area (Å²) in [4.78, 5) is 12.5. The number of fused-ring (bicyclic) bond motifs is 1. The Kier molecular flexibility index (Phi) is 4.48. The minimum atomic E-state index is -0.306. The molecule has 0 bridgehead atoms. The van der Waals surface area contributed by atoms with Crippen LogP contribution < -0.4 is 10.1 Å². The number of ether oxygens (including phenoxy) is 1. The number of hydrogen-bond acceptors (Lipinski definition) is 4. The van der Waals surface area contributed by atoms with E-state index in [0.717, 1.165) is 16.5 Å². The van der Waals surface area contributed by atoms with Gasteiger partial charge in [0.1, 0.15) is 5.75 Å². The number of aromatic nitrogens is 2. The third kappa shape index (κ3) is 3.09. The molecule has 1 aromatic heterocycles. The van der Waals surface area contributed by atoms with Crippen LogP contribution in [0.5, 0.6) is 5.75 Å². The van der Waals surface area contributed by atoms with E-state index in [1.54, 1.807) is 18.2 Å². The molecule has 0 saturated heterocycles. The van der Waals surface area contributed by atoms with Gasteiger partial charge in [0.25, 0.3) is 5.91 Å². The van der Waals surface area contributed by atoms with Crippen molar-refractivity contribution < 1.29 is 14.6 Å². The van der Waals surface area contributed by atoms with Crippen LogP contribution in [0.2, 0.25) is 0 Å². The summed E-state index contributed by atoms with van der Waals surface area (Å²) in [5.41, 5.74) is 3.41. The fourth-order valence-corrected chi connectivity index (χ4v) is 2.57. The molecular weight excluding hydrogens is 306 g/mol. The van der Waals surface area contributed by atoms with Gasteiger partial charge in [-0.1, -0.05) is 11.6 Å². The van der Waals surface area contributed by atoms with Crippen molar-refractivity contribution in [1.29, 1.82) is 0 Å². The average molecular weight is 325 g/mol. The van der Waals surface area contributed by atoms with E-state index in [4.69, 9.17) is 4.74 Å². The van der Waals surface area contributed by atoms with Crippen molar-refractivity contribution in [2.24, 2.45) is 0 Å². The topological polar surface area (TPSA) is 87.2 Å². The number of hydrogen-bond donors (Lipinski definition) is 3. The van der Waals surface area contributed by atoms with Gasteiger partial charge in [0.2, 0.25) is 0 Å². The molecule has 0 fully saturated rings. The van der Waals surface area contributed by atoms with E-state index in [1.165, 1.54) is 0 Å². The number of aryl methyl sites for hydroxylation is 1. The van der Waals surface area contributed by atoms with Crippen LogP contribution in [0, 0.1) is 6.92 Å². The van der Waals surface area contributed by atoms with Crippen molar-refractivity contribution in [3.63, 3.8) is 0 Å². The van der Waals surface area contributed by atoms with E-state index in [9.17, 15) is 9.90 Å². The number of benzene rings is 2. The number of rotatable bonds is 5. The first-order valence-electron chi connectivity index (χ1n) is 7.75. The molecule has 2 aromatic carbocycles. The molecule has 0 unspecified atom stereocenters. The maximum absolute atomic E-state index is 12.5. The van der Waals surface area contributed by atoms with Crippen molar-refractivity contribution in [2.75, 3.05) is 11.9 Å². The number of amides is 1. The zero-order valence-electron chi connectivity index (χ0n) is 13.6. The van der Waals surface area contributed by atoms with Gasteiger partial charge in [-0.3, -0.25) is 9.89 Å². The lowest BCUT2D eigenvalue weighted by Crippen LogP contribution is -2.13. The van der Waals surface area contributed by atoms with Crippen LogP contribution >= 0.6 is 0 Å². The van der Waals surface area contributed by atoms with Gasteiger partial charge in [0.15, 0.2) is 5.69 Å². The van der Waals surface area contributed by atoms with E-state index in [2.05, 4.69) is 15.5 Å². The van der Waals surface area contributed by atoms with Crippen LogP contribution in [0.15, 0.2) is 36.4 Å². The first kappa shape index (κ1) is 16.0. The third-order valence-corrected chi connectivity index (χ3v) is 3.72. The molecule has 0 saturated carbocycles. The van der Waals surface area contributed by atoms with Crippen molar-refractivity contribution in [1.82, 2.24) is 10.2 Å². The zero-order chi connectivity index (χ0) is 17.1. The predicted molar refractivity (Wildman–Crippen MR) is 92.3 cm³/mol. The highest BCUT2D eigenvalue weighted by Gasteiger charge is 2.15. The summed E-state index contributed by atoms with van der Waals surface area (Å²) in [6.45, 7) is 4.19. The summed E-state index contributed by atoms with van der Waals surface area (Å²) in [7, 11) is 0. The summed E-state index contributed by atoms with van der Waals surface area (Å²) in [5.74, 6) is 0.304. The molecule has 0 spiro atoms. The maximum Gasteiger partial charge on any atom is 0.276 e. The molecule has 0 aliphatic rings. The normalized spacial score (nSPS) is 10.8. The summed E-state index contributed by atoms with van der Waals surface area (Å²) >= 11 is 0. The molecule has 0 radical (unpaired) electrons. The number of aliphatic hydroxyl groups excluding tert-OH is 1. The first-order valence-corrected chi connectivity index (χ1v) is 7.75. The molecule has 6 heteroatoms. The third-order valence-electron chi connectivity index (χ3n) is 3.72. The van der Waals surface area contributed by atoms with Gasteiger partial charge in [-0.15, -0.1) is 0 Å². The highest BCUT2D eigenvalue weighted by Crippen LogP contribution is 2.24. The fraction of sp³-hybridized carbons (Fsp3) is 0.222. The van der Waals surface area contributed by atoms with E-state index in [0.29, 0.717) is 29.3 Å².